The lowest BCUT2D eigenvalue weighted by atomic mass is 10.0. The second-order valence-electron chi connectivity index (χ2n) is 7.97. The van der Waals surface area contributed by atoms with Gasteiger partial charge in [0.05, 0.1) is 16.7 Å². The fraction of sp³-hybridized carbons (Fsp3) is 0.200. The van der Waals surface area contributed by atoms with Gasteiger partial charge in [0.25, 0.3) is 0 Å². The lowest BCUT2D eigenvalue weighted by Crippen LogP contribution is -2.17. The number of hydrogen-bond acceptors (Lipinski definition) is 3. The standard InChI is InChI=1S/C25H22N4/c1-17-8-10-18(11-9-17)24-20-6-2-3-7-21(20)25-26-22-13-12-19(28-14-4-5-15-28)16-23(22)29(25)27-24/h2-3,6-13,16H,4-5,14-15H2,1H3. The third-order valence-electron chi connectivity index (χ3n) is 6.03. The number of imidazole rings is 1. The second kappa shape index (κ2) is 6.31. The van der Waals surface area contributed by atoms with Gasteiger partial charge in [-0.15, -0.1) is 0 Å². The van der Waals surface area contributed by atoms with Gasteiger partial charge in [-0.2, -0.15) is 5.10 Å². The minimum Gasteiger partial charge on any atom is -0.371 e. The van der Waals surface area contributed by atoms with Crippen molar-refractivity contribution in [3.63, 3.8) is 0 Å². The van der Waals surface area contributed by atoms with Gasteiger partial charge >= 0.3 is 0 Å². The summed E-state index contributed by atoms with van der Waals surface area (Å²) in [5, 5.41) is 7.37. The molecule has 0 amide bonds. The summed E-state index contributed by atoms with van der Waals surface area (Å²) in [6.45, 7) is 4.38. The van der Waals surface area contributed by atoms with Crippen LogP contribution in [0.5, 0.6) is 0 Å². The van der Waals surface area contributed by atoms with Crippen molar-refractivity contribution in [1.29, 1.82) is 0 Å². The maximum Gasteiger partial charge on any atom is 0.162 e. The van der Waals surface area contributed by atoms with E-state index in [9.17, 15) is 0 Å². The Balaban J connectivity index is 1.67. The zero-order valence-corrected chi connectivity index (χ0v) is 16.5. The van der Waals surface area contributed by atoms with E-state index in [0.29, 0.717) is 0 Å². The number of rotatable bonds is 2. The average molecular weight is 378 g/mol. The molecule has 3 heterocycles. The van der Waals surface area contributed by atoms with Crippen molar-refractivity contribution >= 4 is 33.1 Å². The summed E-state index contributed by atoms with van der Waals surface area (Å²) in [7, 11) is 0. The van der Waals surface area contributed by atoms with E-state index in [-0.39, 0.29) is 0 Å². The zero-order chi connectivity index (χ0) is 19.4. The third kappa shape index (κ3) is 2.59. The molecule has 3 aromatic carbocycles. The molecular weight excluding hydrogens is 356 g/mol. The zero-order valence-electron chi connectivity index (χ0n) is 16.5. The molecule has 1 fully saturated rings. The molecule has 6 rings (SSSR count). The first kappa shape index (κ1) is 16.5. The Bertz CT molecular complexity index is 1360. The van der Waals surface area contributed by atoms with Crippen LogP contribution in [0.3, 0.4) is 0 Å². The molecule has 0 N–H and O–H groups in total. The quantitative estimate of drug-likeness (QED) is 0.400. The summed E-state index contributed by atoms with van der Waals surface area (Å²) in [5.41, 5.74) is 7.64. The Labute approximate surface area is 169 Å². The van der Waals surface area contributed by atoms with Crippen LogP contribution in [0.25, 0.3) is 38.7 Å². The highest BCUT2D eigenvalue weighted by Crippen LogP contribution is 2.32. The maximum absolute atomic E-state index is 5.09. The van der Waals surface area contributed by atoms with E-state index in [4.69, 9.17) is 10.1 Å². The summed E-state index contributed by atoms with van der Waals surface area (Å²) < 4.78 is 2.03. The first-order chi connectivity index (χ1) is 14.3. The van der Waals surface area contributed by atoms with Crippen LogP contribution in [0.2, 0.25) is 0 Å². The summed E-state index contributed by atoms with van der Waals surface area (Å²) in [6.07, 6.45) is 2.54. The van der Waals surface area contributed by atoms with Crippen molar-refractivity contribution < 1.29 is 0 Å². The van der Waals surface area contributed by atoms with E-state index in [1.807, 2.05) is 4.52 Å². The molecule has 2 aromatic heterocycles. The van der Waals surface area contributed by atoms with Gasteiger partial charge in [-0.05, 0) is 38.0 Å². The number of nitrogens with zero attached hydrogens (tertiary/aromatic N) is 4. The molecular formula is C25H22N4. The van der Waals surface area contributed by atoms with Crippen molar-refractivity contribution in [2.75, 3.05) is 18.0 Å². The SMILES string of the molecule is Cc1ccc(-c2nn3c4cc(N5CCCC5)ccc4nc3c3ccccc23)cc1. The van der Waals surface area contributed by atoms with Crippen LogP contribution < -0.4 is 4.90 Å². The molecule has 1 aliphatic rings. The lowest BCUT2D eigenvalue weighted by Gasteiger charge is -2.17. The molecule has 0 bridgehead atoms. The van der Waals surface area contributed by atoms with Gasteiger partial charge in [0.2, 0.25) is 0 Å². The Morgan fingerprint density at radius 2 is 1.59 bits per heavy atom. The molecule has 4 heteroatoms. The van der Waals surface area contributed by atoms with Gasteiger partial charge in [0.15, 0.2) is 5.65 Å². The number of anilines is 1. The number of aryl methyl sites for hydroxylation is 1. The molecule has 142 valence electrons. The number of aromatic nitrogens is 3. The molecule has 29 heavy (non-hydrogen) atoms. The third-order valence-corrected chi connectivity index (χ3v) is 6.03. The van der Waals surface area contributed by atoms with Crippen molar-refractivity contribution in [3.05, 3.63) is 72.3 Å². The van der Waals surface area contributed by atoms with Gasteiger partial charge in [-0.3, -0.25) is 0 Å². The Morgan fingerprint density at radius 3 is 2.38 bits per heavy atom. The summed E-state index contributed by atoms with van der Waals surface area (Å²) in [6, 6.07) is 23.6. The van der Waals surface area contributed by atoms with Crippen LogP contribution in [0.1, 0.15) is 18.4 Å². The Morgan fingerprint density at radius 1 is 0.828 bits per heavy atom. The molecule has 0 radical (unpaired) electrons. The van der Waals surface area contributed by atoms with E-state index in [2.05, 4.69) is 78.6 Å². The molecule has 0 aliphatic carbocycles. The largest absolute Gasteiger partial charge is 0.371 e. The fourth-order valence-electron chi connectivity index (χ4n) is 4.46. The van der Waals surface area contributed by atoms with Crippen LogP contribution >= 0.6 is 0 Å². The monoisotopic (exact) mass is 378 g/mol. The molecule has 0 unspecified atom stereocenters. The smallest absolute Gasteiger partial charge is 0.162 e. The molecule has 1 aliphatic heterocycles. The molecule has 0 atom stereocenters. The minimum absolute atomic E-state index is 0.921. The summed E-state index contributed by atoms with van der Waals surface area (Å²) in [5.74, 6) is 0. The normalized spacial score (nSPS) is 14.4. The number of benzene rings is 3. The molecule has 0 spiro atoms. The average Bonchev–Trinajstić information content (AvgIpc) is 3.42. The topological polar surface area (TPSA) is 33.4 Å². The van der Waals surface area contributed by atoms with Gasteiger partial charge in [-0.25, -0.2) is 9.50 Å². The molecule has 1 saturated heterocycles. The van der Waals surface area contributed by atoms with Gasteiger partial charge in [0.1, 0.15) is 0 Å². The minimum atomic E-state index is 0.921. The van der Waals surface area contributed by atoms with Crippen LogP contribution in [0, 0.1) is 6.92 Å². The predicted molar refractivity (Wildman–Crippen MR) is 120 cm³/mol. The first-order valence-corrected chi connectivity index (χ1v) is 10.3. The summed E-state index contributed by atoms with van der Waals surface area (Å²) >= 11 is 0. The van der Waals surface area contributed by atoms with E-state index in [1.54, 1.807) is 0 Å². The van der Waals surface area contributed by atoms with Crippen molar-refractivity contribution in [2.45, 2.75) is 19.8 Å². The maximum atomic E-state index is 5.09. The van der Waals surface area contributed by atoms with E-state index in [0.717, 1.165) is 51.8 Å². The Hall–Kier alpha value is -3.40. The Kier molecular flexibility index (Phi) is 3.60. The van der Waals surface area contributed by atoms with E-state index < -0.39 is 0 Å². The van der Waals surface area contributed by atoms with Crippen molar-refractivity contribution in [1.82, 2.24) is 14.6 Å². The van der Waals surface area contributed by atoms with E-state index in [1.165, 1.54) is 24.1 Å². The van der Waals surface area contributed by atoms with Gasteiger partial charge < -0.3 is 4.90 Å². The highest BCUT2D eigenvalue weighted by molar-refractivity contribution is 6.04. The van der Waals surface area contributed by atoms with Crippen LogP contribution in [0.4, 0.5) is 5.69 Å². The predicted octanol–water partition coefficient (Wildman–Crippen LogP) is 5.61. The molecule has 0 saturated carbocycles. The van der Waals surface area contributed by atoms with E-state index >= 15 is 0 Å². The molecule has 4 nitrogen and oxygen atoms in total. The first-order valence-electron chi connectivity index (χ1n) is 10.3. The van der Waals surface area contributed by atoms with Crippen LogP contribution in [0.15, 0.2) is 66.7 Å². The number of fused-ring (bicyclic) bond motifs is 5. The number of hydrogen-bond donors (Lipinski definition) is 0. The second-order valence-corrected chi connectivity index (χ2v) is 7.97. The van der Waals surface area contributed by atoms with Crippen LogP contribution in [-0.4, -0.2) is 27.7 Å². The van der Waals surface area contributed by atoms with Crippen molar-refractivity contribution in [3.8, 4) is 11.3 Å². The van der Waals surface area contributed by atoms with Crippen molar-refractivity contribution in [2.24, 2.45) is 0 Å². The lowest BCUT2D eigenvalue weighted by molar-refractivity contribution is 0.949. The van der Waals surface area contributed by atoms with Gasteiger partial charge in [0, 0.05) is 35.1 Å². The summed E-state index contributed by atoms with van der Waals surface area (Å²) in [4.78, 5) is 7.40. The highest BCUT2D eigenvalue weighted by atomic mass is 15.3. The fourth-order valence-corrected chi connectivity index (χ4v) is 4.46. The van der Waals surface area contributed by atoms with Gasteiger partial charge in [-0.1, -0.05) is 54.1 Å². The highest BCUT2D eigenvalue weighted by Gasteiger charge is 2.17. The molecule has 5 aromatic rings. The van der Waals surface area contributed by atoms with Crippen LogP contribution in [-0.2, 0) is 0 Å².